The van der Waals surface area contributed by atoms with E-state index in [0.29, 0.717) is 18.3 Å². The number of amides is 2. The number of urea groups is 1. The van der Waals surface area contributed by atoms with Crippen molar-refractivity contribution in [1.82, 2.24) is 10.3 Å². The van der Waals surface area contributed by atoms with Crippen molar-refractivity contribution in [1.29, 1.82) is 0 Å². The highest BCUT2D eigenvalue weighted by Gasteiger charge is 2.17. The Hall–Kier alpha value is -2.45. The van der Waals surface area contributed by atoms with Gasteiger partial charge in [0.15, 0.2) is 5.13 Å². The number of hydrogen-bond acceptors (Lipinski definition) is 5. The Bertz CT molecular complexity index is 791. The Morgan fingerprint density at radius 2 is 1.97 bits per heavy atom. The highest BCUT2D eigenvalue weighted by molar-refractivity contribution is 7.19. The second-order valence-corrected chi connectivity index (χ2v) is 7.68. The molecule has 0 saturated carbocycles. The normalized spacial score (nSPS) is 11.8. The Morgan fingerprint density at radius 3 is 2.59 bits per heavy atom. The number of carbonyl (C=O) groups excluding carboxylic acids is 1. The van der Waals surface area contributed by atoms with Crippen molar-refractivity contribution < 1.29 is 19.4 Å². The van der Waals surface area contributed by atoms with E-state index in [0.717, 1.165) is 35.3 Å². The molecule has 0 aliphatic carbocycles. The molecule has 7 nitrogen and oxygen atoms in total. The monoisotopic (exact) mass is 419 g/mol. The minimum Gasteiger partial charge on any atom is -0.481 e. The second-order valence-electron chi connectivity index (χ2n) is 6.67. The summed E-state index contributed by atoms with van der Waals surface area (Å²) >= 11 is 1.43. The first-order valence-corrected chi connectivity index (χ1v) is 10.7. The zero-order valence-corrected chi connectivity index (χ0v) is 18.0. The zero-order chi connectivity index (χ0) is 21.2. The molecule has 8 heteroatoms. The van der Waals surface area contributed by atoms with Crippen molar-refractivity contribution in [2.75, 3.05) is 25.1 Å². The average Bonchev–Trinajstić information content (AvgIpc) is 3.20. The molecule has 0 radical (unpaired) electrons. The maximum atomic E-state index is 12.2. The zero-order valence-electron chi connectivity index (χ0n) is 17.2. The number of benzene rings is 1. The van der Waals surface area contributed by atoms with Crippen LogP contribution in [-0.2, 0) is 9.53 Å². The fourth-order valence-electron chi connectivity index (χ4n) is 2.82. The van der Waals surface area contributed by atoms with E-state index >= 15 is 0 Å². The molecule has 1 aromatic carbocycles. The standard InChI is InChI=1S/C21H29N3O4S/c1-4-6-7-12-22-20(27)24(3)21-23-14-18(29-21)16-10-8-15(9-11-16)17(28-5-2)13-19(25)26/h8-11,14,17H,4-7,12-13H2,1-3H3,(H,22,27)(H,25,26). The number of carbonyl (C=O) groups is 2. The first-order valence-electron chi connectivity index (χ1n) is 9.87. The molecule has 0 bridgehead atoms. The number of anilines is 1. The van der Waals surface area contributed by atoms with E-state index in [9.17, 15) is 9.59 Å². The topological polar surface area (TPSA) is 91.8 Å². The Morgan fingerprint density at radius 1 is 1.24 bits per heavy atom. The number of nitrogens with one attached hydrogen (secondary N) is 1. The lowest BCUT2D eigenvalue weighted by molar-refractivity contribution is -0.140. The van der Waals surface area contributed by atoms with Crippen molar-refractivity contribution in [2.24, 2.45) is 0 Å². The third kappa shape index (κ3) is 6.83. The summed E-state index contributed by atoms with van der Waals surface area (Å²) in [6.45, 7) is 5.08. The van der Waals surface area contributed by atoms with Gasteiger partial charge < -0.3 is 15.2 Å². The van der Waals surface area contributed by atoms with Gasteiger partial charge in [0.05, 0.1) is 17.4 Å². The van der Waals surface area contributed by atoms with E-state index in [-0.39, 0.29) is 12.5 Å². The third-order valence-corrected chi connectivity index (χ3v) is 5.56. The van der Waals surface area contributed by atoms with Crippen molar-refractivity contribution in [3.8, 4) is 10.4 Å². The van der Waals surface area contributed by atoms with Crippen LogP contribution >= 0.6 is 11.3 Å². The molecule has 0 aliphatic rings. The largest absolute Gasteiger partial charge is 0.481 e. The van der Waals surface area contributed by atoms with Crippen LogP contribution in [0.2, 0.25) is 0 Å². The highest BCUT2D eigenvalue weighted by Crippen LogP contribution is 2.32. The van der Waals surface area contributed by atoms with Gasteiger partial charge in [0.2, 0.25) is 0 Å². The van der Waals surface area contributed by atoms with Gasteiger partial charge in [0.25, 0.3) is 0 Å². The van der Waals surface area contributed by atoms with Gasteiger partial charge in [-0.3, -0.25) is 9.69 Å². The van der Waals surface area contributed by atoms with Crippen molar-refractivity contribution in [2.45, 2.75) is 45.6 Å². The lowest BCUT2D eigenvalue weighted by atomic mass is 10.0. The summed E-state index contributed by atoms with van der Waals surface area (Å²) in [6.07, 6.45) is 4.38. The first kappa shape index (κ1) is 22.8. The summed E-state index contributed by atoms with van der Waals surface area (Å²) in [4.78, 5) is 30.1. The van der Waals surface area contributed by atoms with Crippen LogP contribution in [0.3, 0.4) is 0 Å². The van der Waals surface area contributed by atoms with Gasteiger partial charge in [-0.25, -0.2) is 9.78 Å². The van der Waals surface area contributed by atoms with Crippen LogP contribution < -0.4 is 10.2 Å². The van der Waals surface area contributed by atoms with Gasteiger partial charge >= 0.3 is 12.0 Å². The molecule has 0 spiro atoms. The Kier molecular flexibility index (Phi) is 9.08. The smallest absolute Gasteiger partial charge is 0.323 e. The van der Waals surface area contributed by atoms with Crippen LogP contribution in [0, 0.1) is 0 Å². The molecule has 158 valence electrons. The highest BCUT2D eigenvalue weighted by atomic mass is 32.1. The lowest BCUT2D eigenvalue weighted by Gasteiger charge is -2.15. The molecule has 2 rings (SSSR count). The number of unbranched alkanes of at least 4 members (excludes halogenated alkanes) is 2. The molecule has 1 atom stereocenters. The molecule has 2 amide bonds. The van der Waals surface area contributed by atoms with Gasteiger partial charge in [-0.2, -0.15) is 0 Å². The van der Waals surface area contributed by atoms with Crippen molar-refractivity contribution in [3.05, 3.63) is 36.0 Å². The summed E-state index contributed by atoms with van der Waals surface area (Å²) in [7, 11) is 1.71. The number of carboxylic acid groups (broad SMARTS) is 1. The summed E-state index contributed by atoms with van der Waals surface area (Å²) < 4.78 is 5.55. The molecule has 1 heterocycles. The molecule has 0 fully saturated rings. The summed E-state index contributed by atoms with van der Waals surface area (Å²) in [5, 5.41) is 12.6. The Labute approximate surface area is 175 Å². The number of aromatic nitrogens is 1. The molecule has 0 saturated heterocycles. The van der Waals surface area contributed by atoms with E-state index < -0.39 is 12.1 Å². The van der Waals surface area contributed by atoms with Crippen molar-refractivity contribution in [3.63, 3.8) is 0 Å². The molecule has 29 heavy (non-hydrogen) atoms. The van der Waals surface area contributed by atoms with E-state index in [1.54, 1.807) is 13.2 Å². The quantitative estimate of drug-likeness (QED) is 0.515. The van der Waals surface area contributed by atoms with Crippen molar-refractivity contribution >= 4 is 28.5 Å². The van der Waals surface area contributed by atoms with Gasteiger partial charge in [0, 0.05) is 26.4 Å². The minimum atomic E-state index is -0.893. The summed E-state index contributed by atoms with van der Waals surface area (Å²) in [5.74, 6) is -0.893. The first-order chi connectivity index (χ1) is 14.0. The van der Waals surface area contributed by atoms with E-state index in [4.69, 9.17) is 9.84 Å². The summed E-state index contributed by atoms with van der Waals surface area (Å²) in [6, 6.07) is 7.44. The van der Waals surface area contributed by atoms with E-state index in [2.05, 4.69) is 17.2 Å². The molecular weight excluding hydrogens is 390 g/mol. The molecule has 1 aromatic heterocycles. The fraction of sp³-hybridized carbons (Fsp3) is 0.476. The minimum absolute atomic E-state index is 0.0734. The lowest BCUT2D eigenvalue weighted by Crippen LogP contribution is -2.37. The molecule has 0 aliphatic heterocycles. The van der Waals surface area contributed by atoms with Gasteiger partial charge in [-0.05, 0) is 24.5 Å². The number of nitrogens with zero attached hydrogens (tertiary/aromatic N) is 2. The summed E-state index contributed by atoms with van der Waals surface area (Å²) in [5.41, 5.74) is 1.78. The number of ether oxygens (including phenoxy) is 1. The molecule has 2 N–H and O–H groups in total. The maximum absolute atomic E-state index is 12.2. The van der Waals surface area contributed by atoms with E-state index in [1.807, 2.05) is 31.2 Å². The number of hydrogen-bond donors (Lipinski definition) is 2. The van der Waals surface area contributed by atoms with Crippen LogP contribution in [0.4, 0.5) is 9.93 Å². The predicted octanol–water partition coefficient (Wildman–Crippen LogP) is 4.70. The van der Waals surface area contributed by atoms with Gasteiger partial charge in [-0.1, -0.05) is 55.4 Å². The van der Waals surface area contributed by atoms with Crippen LogP contribution in [-0.4, -0.2) is 42.3 Å². The van der Waals surface area contributed by atoms with E-state index in [1.165, 1.54) is 16.2 Å². The fourth-order valence-corrected chi connectivity index (χ4v) is 3.71. The third-order valence-electron chi connectivity index (χ3n) is 4.44. The molecule has 2 aromatic rings. The van der Waals surface area contributed by atoms with Gasteiger partial charge in [-0.15, -0.1) is 0 Å². The SMILES string of the molecule is CCCCCNC(=O)N(C)c1ncc(-c2ccc(C(CC(=O)O)OCC)cc2)s1. The predicted molar refractivity (Wildman–Crippen MR) is 115 cm³/mol. The average molecular weight is 420 g/mol. The van der Waals surface area contributed by atoms with Crippen LogP contribution in [0.5, 0.6) is 0 Å². The number of carboxylic acids is 1. The number of thiazole rings is 1. The van der Waals surface area contributed by atoms with Crippen LogP contribution in [0.1, 0.15) is 51.2 Å². The number of aliphatic carboxylic acids is 1. The van der Waals surface area contributed by atoms with Crippen LogP contribution in [0.15, 0.2) is 30.5 Å². The van der Waals surface area contributed by atoms with Gasteiger partial charge in [0.1, 0.15) is 0 Å². The Balaban J connectivity index is 2.04. The molecule has 1 unspecified atom stereocenters. The second kappa shape index (κ2) is 11.5. The maximum Gasteiger partial charge on any atom is 0.323 e. The van der Waals surface area contributed by atoms with Crippen LogP contribution in [0.25, 0.3) is 10.4 Å². The number of rotatable bonds is 11. The molecular formula is C21H29N3O4S.